The highest BCUT2D eigenvalue weighted by molar-refractivity contribution is 5.75. The van der Waals surface area contributed by atoms with E-state index in [1.165, 1.54) is 5.56 Å². The maximum absolute atomic E-state index is 12.4. The van der Waals surface area contributed by atoms with Crippen LogP contribution < -0.4 is 9.47 Å². The summed E-state index contributed by atoms with van der Waals surface area (Å²) in [4.78, 5) is 15.1. The molecular formula is C22H27N3O4. The fourth-order valence-corrected chi connectivity index (χ4v) is 2.69. The van der Waals surface area contributed by atoms with E-state index in [1.807, 2.05) is 48.5 Å². The van der Waals surface area contributed by atoms with Gasteiger partial charge in [0.15, 0.2) is 6.10 Å². The minimum atomic E-state index is -0.739. The number of ether oxygens (including phenoxy) is 3. The van der Waals surface area contributed by atoms with Gasteiger partial charge in [-0.05, 0) is 53.8 Å². The molecule has 2 rings (SSSR count). The molecular weight excluding hydrogens is 370 g/mol. The third-order valence-electron chi connectivity index (χ3n) is 4.24. The molecule has 154 valence electrons. The van der Waals surface area contributed by atoms with E-state index in [2.05, 4.69) is 23.9 Å². The summed E-state index contributed by atoms with van der Waals surface area (Å²) in [6.45, 7) is 6.90. The number of nitrogens with zero attached hydrogens (tertiary/aromatic N) is 3. The van der Waals surface area contributed by atoms with Crippen LogP contribution in [0.4, 0.5) is 0 Å². The second-order valence-corrected chi connectivity index (χ2v) is 6.73. The van der Waals surface area contributed by atoms with Crippen molar-refractivity contribution in [2.75, 3.05) is 19.8 Å². The lowest BCUT2D eigenvalue weighted by molar-refractivity contribution is -0.151. The molecule has 7 heteroatoms. The molecule has 2 aromatic carbocycles. The molecule has 0 saturated carbocycles. The van der Waals surface area contributed by atoms with Gasteiger partial charge in [0, 0.05) is 11.3 Å². The minimum Gasteiger partial charge on any atom is -0.493 e. The summed E-state index contributed by atoms with van der Waals surface area (Å²) >= 11 is 0. The molecule has 0 saturated heterocycles. The van der Waals surface area contributed by atoms with Crippen molar-refractivity contribution in [1.29, 1.82) is 0 Å². The second-order valence-electron chi connectivity index (χ2n) is 6.73. The van der Waals surface area contributed by atoms with Crippen LogP contribution in [0.1, 0.15) is 37.8 Å². The zero-order valence-corrected chi connectivity index (χ0v) is 17.1. The van der Waals surface area contributed by atoms with E-state index in [9.17, 15) is 4.79 Å². The molecule has 0 radical (unpaired) electrons. The Morgan fingerprint density at radius 1 is 1.07 bits per heavy atom. The van der Waals surface area contributed by atoms with Gasteiger partial charge in [0.2, 0.25) is 0 Å². The molecule has 2 aromatic rings. The number of benzene rings is 2. The zero-order chi connectivity index (χ0) is 21.1. The Bertz CT molecular complexity index is 813. The Balaban J connectivity index is 2.04. The molecule has 0 aromatic heterocycles. The smallest absolute Gasteiger partial charge is 0.347 e. The SMILES string of the molecule is CCOC(=O)C(Cc1ccc(OCCN=[N+]=[N-])cc1)Oc1ccc(C(C)C)cc1. The van der Waals surface area contributed by atoms with E-state index in [1.54, 1.807) is 6.92 Å². The molecule has 1 atom stereocenters. The van der Waals surface area contributed by atoms with Gasteiger partial charge in [-0.15, -0.1) is 0 Å². The number of rotatable bonds is 11. The van der Waals surface area contributed by atoms with Crippen molar-refractivity contribution in [2.24, 2.45) is 5.11 Å². The zero-order valence-electron chi connectivity index (χ0n) is 17.1. The van der Waals surface area contributed by atoms with E-state index in [0.29, 0.717) is 37.1 Å². The van der Waals surface area contributed by atoms with Crippen LogP contribution in [-0.2, 0) is 16.0 Å². The number of hydrogen-bond donors (Lipinski definition) is 0. The quantitative estimate of drug-likeness (QED) is 0.174. The van der Waals surface area contributed by atoms with Gasteiger partial charge >= 0.3 is 5.97 Å². The predicted molar refractivity (Wildman–Crippen MR) is 111 cm³/mol. The van der Waals surface area contributed by atoms with Crippen LogP contribution in [0.3, 0.4) is 0 Å². The lowest BCUT2D eigenvalue weighted by Crippen LogP contribution is -2.31. The normalized spacial score (nSPS) is 11.4. The lowest BCUT2D eigenvalue weighted by Gasteiger charge is -2.18. The van der Waals surface area contributed by atoms with Gasteiger partial charge in [-0.3, -0.25) is 0 Å². The Morgan fingerprint density at radius 3 is 2.31 bits per heavy atom. The number of carbonyl (C=O) groups is 1. The van der Waals surface area contributed by atoms with E-state index >= 15 is 0 Å². The predicted octanol–water partition coefficient (Wildman–Crippen LogP) is 5.05. The largest absolute Gasteiger partial charge is 0.493 e. The van der Waals surface area contributed by atoms with Crippen molar-refractivity contribution in [3.8, 4) is 11.5 Å². The van der Waals surface area contributed by atoms with Crippen molar-refractivity contribution in [2.45, 2.75) is 39.2 Å². The third-order valence-corrected chi connectivity index (χ3v) is 4.24. The first kappa shape index (κ1) is 22.1. The molecule has 0 heterocycles. The van der Waals surface area contributed by atoms with Crippen LogP contribution in [0.5, 0.6) is 11.5 Å². The minimum absolute atomic E-state index is 0.270. The van der Waals surface area contributed by atoms with Crippen LogP contribution in [0.15, 0.2) is 53.6 Å². The van der Waals surface area contributed by atoms with Gasteiger partial charge in [-0.25, -0.2) is 4.79 Å². The number of carbonyl (C=O) groups excluding carboxylic acids is 1. The fraction of sp³-hybridized carbons (Fsp3) is 0.409. The van der Waals surface area contributed by atoms with Crippen LogP contribution >= 0.6 is 0 Å². The Hall–Kier alpha value is -3.18. The highest BCUT2D eigenvalue weighted by atomic mass is 16.6. The van der Waals surface area contributed by atoms with Gasteiger partial charge in [-0.1, -0.05) is 43.2 Å². The Labute approximate surface area is 171 Å². The summed E-state index contributed by atoms with van der Waals surface area (Å²) in [5, 5.41) is 3.42. The molecule has 0 amide bonds. The van der Waals surface area contributed by atoms with Crippen LogP contribution in [0.25, 0.3) is 10.4 Å². The maximum atomic E-state index is 12.4. The molecule has 29 heavy (non-hydrogen) atoms. The first-order valence-electron chi connectivity index (χ1n) is 9.69. The van der Waals surface area contributed by atoms with Crippen molar-refractivity contribution < 1.29 is 19.0 Å². The van der Waals surface area contributed by atoms with Crippen molar-refractivity contribution in [1.82, 2.24) is 0 Å². The standard InChI is InChI=1S/C22H27N3O4/c1-4-27-22(26)21(29-20-11-7-18(8-12-20)16(2)3)15-17-5-9-19(10-6-17)28-14-13-24-25-23/h5-12,16,21H,4,13-15H2,1-3H3. The molecule has 0 fully saturated rings. The summed E-state index contributed by atoms with van der Waals surface area (Å²) in [6, 6.07) is 15.1. The van der Waals surface area contributed by atoms with Crippen LogP contribution in [0.2, 0.25) is 0 Å². The molecule has 0 bridgehead atoms. The number of azide groups is 1. The lowest BCUT2D eigenvalue weighted by atomic mass is 10.0. The third kappa shape index (κ3) is 7.39. The first-order valence-corrected chi connectivity index (χ1v) is 9.69. The van der Waals surface area contributed by atoms with E-state index in [4.69, 9.17) is 19.7 Å². The highest BCUT2D eigenvalue weighted by Gasteiger charge is 2.22. The second kappa shape index (κ2) is 11.6. The molecule has 7 nitrogen and oxygen atoms in total. The molecule has 0 N–H and O–H groups in total. The summed E-state index contributed by atoms with van der Waals surface area (Å²) in [5.74, 6) is 1.33. The van der Waals surface area contributed by atoms with E-state index in [0.717, 1.165) is 5.56 Å². The van der Waals surface area contributed by atoms with Gasteiger partial charge in [0.1, 0.15) is 11.5 Å². The van der Waals surface area contributed by atoms with Crippen molar-refractivity contribution in [3.63, 3.8) is 0 Å². The monoisotopic (exact) mass is 397 g/mol. The topological polar surface area (TPSA) is 93.5 Å². The van der Waals surface area contributed by atoms with Crippen LogP contribution in [0, 0.1) is 0 Å². The maximum Gasteiger partial charge on any atom is 0.347 e. The van der Waals surface area contributed by atoms with Gasteiger partial charge in [-0.2, -0.15) is 0 Å². The van der Waals surface area contributed by atoms with Gasteiger partial charge < -0.3 is 14.2 Å². The summed E-state index contributed by atoms with van der Waals surface area (Å²) in [6.07, 6.45) is -0.361. The number of hydrogen-bond acceptors (Lipinski definition) is 5. The summed E-state index contributed by atoms with van der Waals surface area (Å²) in [5.41, 5.74) is 10.4. The highest BCUT2D eigenvalue weighted by Crippen LogP contribution is 2.21. The number of esters is 1. The fourth-order valence-electron chi connectivity index (χ4n) is 2.69. The van der Waals surface area contributed by atoms with E-state index in [-0.39, 0.29) is 6.54 Å². The van der Waals surface area contributed by atoms with Gasteiger partial charge in [0.25, 0.3) is 0 Å². The summed E-state index contributed by atoms with van der Waals surface area (Å²) in [7, 11) is 0. The van der Waals surface area contributed by atoms with Crippen molar-refractivity contribution >= 4 is 5.97 Å². The molecule has 0 aliphatic carbocycles. The van der Waals surface area contributed by atoms with E-state index < -0.39 is 12.1 Å². The molecule has 0 aliphatic rings. The Kier molecular flexibility index (Phi) is 8.86. The first-order chi connectivity index (χ1) is 14.0. The molecule has 0 aliphatic heterocycles. The van der Waals surface area contributed by atoms with Crippen molar-refractivity contribution in [3.05, 3.63) is 70.1 Å². The molecule has 1 unspecified atom stereocenters. The van der Waals surface area contributed by atoms with Crippen LogP contribution in [-0.4, -0.2) is 31.8 Å². The Morgan fingerprint density at radius 2 is 1.72 bits per heavy atom. The average Bonchev–Trinajstić information content (AvgIpc) is 2.72. The van der Waals surface area contributed by atoms with Gasteiger partial charge in [0.05, 0.1) is 19.8 Å². The average molecular weight is 397 g/mol. The summed E-state index contributed by atoms with van der Waals surface area (Å²) < 4.78 is 16.6. The molecule has 0 spiro atoms.